The number of methoxy groups -OCH3 is 1. The molecule has 19 heavy (non-hydrogen) atoms. The lowest BCUT2D eigenvalue weighted by molar-refractivity contribution is 0.0690. The maximum absolute atomic E-state index is 13.7. The van der Waals surface area contributed by atoms with Crippen molar-refractivity contribution in [3.05, 3.63) is 29.5 Å². The molecule has 0 spiro atoms. The van der Waals surface area contributed by atoms with Crippen molar-refractivity contribution in [1.82, 2.24) is 10.2 Å². The van der Waals surface area contributed by atoms with Gasteiger partial charge in [0, 0.05) is 5.56 Å². The Balaban J connectivity index is 2.61. The first-order chi connectivity index (χ1) is 8.95. The summed E-state index contributed by atoms with van der Waals surface area (Å²) in [7, 11) is 1.15. The third-order valence-electron chi connectivity index (χ3n) is 2.45. The topological polar surface area (TPSA) is 95.4 Å². The van der Waals surface area contributed by atoms with E-state index in [9.17, 15) is 18.7 Å². The Morgan fingerprint density at radius 2 is 2.05 bits per heavy atom. The SMILES string of the molecule is COc1cc(-c2cc(C(=O)O)[nH]n2)c(F)c(O)c1F. The summed E-state index contributed by atoms with van der Waals surface area (Å²) in [6.45, 7) is 0. The molecule has 0 unspecified atom stereocenters. The molecule has 0 aliphatic rings. The van der Waals surface area contributed by atoms with Crippen LogP contribution in [0.2, 0.25) is 0 Å². The number of phenols is 1. The van der Waals surface area contributed by atoms with Gasteiger partial charge in [0.25, 0.3) is 0 Å². The second-order valence-corrected chi connectivity index (χ2v) is 3.57. The van der Waals surface area contributed by atoms with Crippen molar-refractivity contribution >= 4 is 5.97 Å². The molecule has 0 bridgehead atoms. The minimum atomic E-state index is -1.28. The Morgan fingerprint density at radius 1 is 1.37 bits per heavy atom. The fourth-order valence-electron chi connectivity index (χ4n) is 1.50. The van der Waals surface area contributed by atoms with Gasteiger partial charge >= 0.3 is 5.97 Å². The molecule has 3 N–H and O–H groups in total. The first-order valence-electron chi connectivity index (χ1n) is 4.99. The van der Waals surface area contributed by atoms with E-state index in [1.807, 2.05) is 0 Å². The van der Waals surface area contributed by atoms with E-state index < -0.39 is 23.4 Å². The number of hydrogen-bond donors (Lipinski definition) is 3. The van der Waals surface area contributed by atoms with Gasteiger partial charge in [0.2, 0.25) is 5.82 Å². The van der Waals surface area contributed by atoms with Crippen LogP contribution in [0.15, 0.2) is 12.1 Å². The second kappa shape index (κ2) is 4.56. The molecule has 0 atom stereocenters. The molecule has 6 nitrogen and oxygen atoms in total. The predicted octanol–water partition coefficient (Wildman–Crippen LogP) is 1.77. The zero-order valence-corrected chi connectivity index (χ0v) is 9.57. The van der Waals surface area contributed by atoms with Crippen molar-refractivity contribution in [3.8, 4) is 22.8 Å². The fourth-order valence-corrected chi connectivity index (χ4v) is 1.50. The molecule has 0 aliphatic heterocycles. The number of carbonyl (C=O) groups is 1. The molecule has 0 saturated heterocycles. The van der Waals surface area contributed by atoms with Crippen molar-refractivity contribution in [1.29, 1.82) is 0 Å². The molecule has 0 radical (unpaired) electrons. The quantitative estimate of drug-likeness (QED) is 0.790. The first kappa shape index (κ1) is 12.8. The average Bonchev–Trinajstić information content (AvgIpc) is 2.86. The van der Waals surface area contributed by atoms with Gasteiger partial charge in [-0.25, -0.2) is 9.18 Å². The molecule has 0 aliphatic carbocycles. The Morgan fingerprint density at radius 3 is 2.58 bits per heavy atom. The Bertz CT molecular complexity index is 654. The zero-order chi connectivity index (χ0) is 14.2. The number of aromatic nitrogens is 2. The number of aromatic amines is 1. The molecule has 0 fully saturated rings. The molecule has 1 aromatic heterocycles. The van der Waals surface area contributed by atoms with Crippen LogP contribution < -0.4 is 4.74 Å². The van der Waals surface area contributed by atoms with Gasteiger partial charge in [-0.15, -0.1) is 0 Å². The van der Waals surface area contributed by atoms with Gasteiger partial charge in [-0.1, -0.05) is 0 Å². The van der Waals surface area contributed by atoms with Crippen molar-refractivity contribution in [2.45, 2.75) is 0 Å². The number of hydrogen-bond acceptors (Lipinski definition) is 4. The van der Waals surface area contributed by atoms with Crippen LogP contribution in [0.3, 0.4) is 0 Å². The number of carboxylic acids is 1. The lowest BCUT2D eigenvalue weighted by Crippen LogP contribution is -1.95. The third kappa shape index (κ3) is 2.07. The van der Waals surface area contributed by atoms with E-state index in [0.29, 0.717) is 0 Å². The Hall–Kier alpha value is -2.64. The summed E-state index contributed by atoms with van der Waals surface area (Å²) in [6.07, 6.45) is 0. The fraction of sp³-hybridized carbons (Fsp3) is 0.0909. The van der Waals surface area contributed by atoms with Gasteiger partial charge in [-0.05, 0) is 12.1 Å². The monoisotopic (exact) mass is 270 g/mol. The predicted molar refractivity (Wildman–Crippen MR) is 59.1 cm³/mol. The highest BCUT2D eigenvalue weighted by Gasteiger charge is 2.21. The second-order valence-electron chi connectivity index (χ2n) is 3.57. The van der Waals surface area contributed by atoms with Crippen LogP contribution in [0.4, 0.5) is 8.78 Å². The minimum absolute atomic E-state index is 0.0940. The lowest BCUT2D eigenvalue weighted by atomic mass is 10.1. The van der Waals surface area contributed by atoms with Crippen LogP contribution in [0.1, 0.15) is 10.5 Å². The van der Waals surface area contributed by atoms with Gasteiger partial charge in [0.15, 0.2) is 17.3 Å². The number of H-pyrrole nitrogens is 1. The van der Waals surface area contributed by atoms with Gasteiger partial charge in [0.1, 0.15) is 5.69 Å². The molecule has 2 aromatic rings. The Kier molecular flexibility index (Phi) is 3.07. The summed E-state index contributed by atoms with van der Waals surface area (Å²) in [5.41, 5.74) is -0.639. The smallest absolute Gasteiger partial charge is 0.353 e. The number of aromatic hydroxyl groups is 1. The normalized spacial score (nSPS) is 10.5. The van der Waals surface area contributed by atoms with E-state index in [4.69, 9.17) is 5.11 Å². The maximum atomic E-state index is 13.7. The van der Waals surface area contributed by atoms with Crippen molar-refractivity contribution in [2.75, 3.05) is 7.11 Å². The van der Waals surface area contributed by atoms with E-state index in [1.165, 1.54) is 0 Å². The number of aromatic carboxylic acids is 1. The van der Waals surface area contributed by atoms with E-state index in [1.54, 1.807) is 0 Å². The average molecular weight is 270 g/mol. The summed E-state index contributed by atoms with van der Waals surface area (Å²) in [5, 5.41) is 23.8. The van der Waals surface area contributed by atoms with Crippen LogP contribution in [-0.2, 0) is 0 Å². The highest BCUT2D eigenvalue weighted by atomic mass is 19.1. The molecule has 0 amide bonds. The summed E-state index contributed by atoms with van der Waals surface area (Å²) >= 11 is 0. The summed E-state index contributed by atoms with van der Waals surface area (Å²) in [6, 6.07) is 2.03. The summed E-state index contributed by atoms with van der Waals surface area (Å²) < 4.78 is 31.7. The van der Waals surface area contributed by atoms with Gasteiger partial charge < -0.3 is 14.9 Å². The van der Waals surface area contributed by atoms with E-state index in [0.717, 1.165) is 19.2 Å². The lowest BCUT2D eigenvalue weighted by Gasteiger charge is -2.07. The molecular weight excluding hydrogens is 262 g/mol. The van der Waals surface area contributed by atoms with E-state index in [2.05, 4.69) is 14.9 Å². The molecule has 0 saturated carbocycles. The third-order valence-corrected chi connectivity index (χ3v) is 2.45. The highest BCUT2D eigenvalue weighted by molar-refractivity contribution is 5.87. The molecule has 1 aromatic carbocycles. The van der Waals surface area contributed by atoms with Crippen molar-refractivity contribution in [2.24, 2.45) is 0 Å². The van der Waals surface area contributed by atoms with Gasteiger partial charge in [-0.2, -0.15) is 9.49 Å². The number of ether oxygens (including phenoxy) is 1. The molecule has 1 heterocycles. The molecule has 2 rings (SSSR count). The van der Waals surface area contributed by atoms with Crippen molar-refractivity contribution < 1.29 is 28.5 Å². The molecule has 8 heteroatoms. The minimum Gasteiger partial charge on any atom is -0.503 e. The number of nitrogens with zero attached hydrogens (tertiary/aromatic N) is 1. The largest absolute Gasteiger partial charge is 0.503 e. The van der Waals surface area contributed by atoms with Crippen LogP contribution in [0, 0.1) is 11.6 Å². The number of halogens is 2. The van der Waals surface area contributed by atoms with Gasteiger partial charge in [0.05, 0.1) is 12.8 Å². The van der Waals surface area contributed by atoms with Gasteiger partial charge in [-0.3, -0.25) is 5.10 Å². The first-order valence-corrected chi connectivity index (χ1v) is 4.99. The number of carboxylic acid groups (broad SMARTS) is 1. The standard InChI is InChI=1S/C11H8F2N2O4/c1-19-7-2-4(8(12)10(16)9(7)13)5-3-6(11(17)18)15-14-5/h2-3,16H,1H3,(H,14,15)(H,17,18). The highest BCUT2D eigenvalue weighted by Crippen LogP contribution is 2.36. The maximum Gasteiger partial charge on any atom is 0.353 e. The van der Waals surface area contributed by atoms with Crippen LogP contribution in [-0.4, -0.2) is 33.5 Å². The number of benzene rings is 1. The van der Waals surface area contributed by atoms with Crippen LogP contribution in [0.5, 0.6) is 11.5 Å². The number of nitrogens with one attached hydrogen (secondary N) is 1. The summed E-state index contributed by atoms with van der Waals surface area (Å²) in [4.78, 5) is 10.7. The van der Waals surface area contributed by atoms with E-state index >= 15 is 0 Å². The Labute approximate surface area is 105 Å². The van der Waals surface area contributed by atoms with Crippen molar-refractivity contribution in [3.63, 3.8) is 0 Å². The van der Waals surface area contributed by atoms with Crippen LogP contribution >= 0.6 is 0 Å². The number of phenolic OH excluding ortho intramolecular Hbond substituents is 1. The van der Waals surface area contributed by atoms with E-state index in [-0.39, 0.29) is 22.7 Å². The molecule has 100 valence electrons. The number of rotatable bonds is 3. The zero-order valence-electron chi connectivity index (χ0n) is 9.57. The van der Waals surface area contributed by atoms with Crippen LogP contribution in [0.25, 0.3) is 11.3 Å². The summed E-state index contributed by atoms with van der Waals surface area (Å²) in [5.74, 6) is -5.36. The molecular formula is C11H8F2N2O4.